The minimum atomic E-state index is -0.293. The summed E-state index contributed by atoms with van der Waals surface area (Å²) in [5.41, 5.74) is 2.44. The average molecular weight is 275 g/mol. The summed E-state index contributed by atoms with van der Waals surface area (Å²) in [4.78, 5) is 4.44. The van der Waals surface area contributed by atoms with Gasteiger partial charge in [-0.2, -0.15) is 0 Å². The molecule has 3 rings (SSSR count). The summed E-state index contributed by atoms with van der Waals surface area (Å²) < 4.78 is 15.3. The maximum atomic E-state index is 13.3. The van der Waals surface area contributed by atoms with Crippen molar-refractivity contribution in [2.75, 3.05) is 0 Å². The van der Waals surface area contributed by atoms with Crippen LogP contribution in [0.4, 0.5) is 4.39 Å². The third-order valence-electron chi connectivity index (χ3n) is 3.01. The van der Waals surface area contributed by atoms with Crippen molar-refractivity contribution in [1.82, 2.24) is 9.55 Å². The second-order valence-electron chi connectivity index (χ2n) is 4.39. The summed E-state index contributed by atoms with van der Waals surface area (Å²) in [6.45, 7) is 1.86. The van der Waals surface area contributed by atoms with E-state index in [0.29, 0.717) is 11.3 Å². The first-order valence-electron chi connectivity index (χ1n) is 6.04. The molecule has 3 aromatic rings. The van der Waals surface area contributed by atoms with Gasteiger partial charge >= 0.3 is 0 Å². The molecule has 4 heteroatoms. The predicted octanol–water partition coefficient (Wildman–Crippen LogP) is 4.46. The van der Waals surface area contributed by atoms with Crippen LogP contribution in [0.1, 0.15) is 18.1 Å². The monoisotopic (exact) mass is 274 g/mol. The lowest BCUT2D eigenvalue weighted by molar-refractivity contribution is 0.629. The van der Waals surface area contributed by atoms with E-state index in [4.69, 9.17) is 11.6 Å². The molecule has 1 heterocycles. The summed E-state index contributed by atoms with van der Waals surface area (Å²) in [6, 6.07) is 14.4. The average Bonchev–Trinajstić information content (AvgIpc) is 2.78. The Balaban J connectivity index is 2.35. The zero-order valence-electron chi connectivity index (χ0n) is 10.3. The Kier molecular flexibility index (Phi) is 2.99. The summed E-state index contributed by atoms with van der Waals surface area (Å²) in [7, 11) is 0. The first-order valence-corrected chi connectivity index (χ1v) is 6.48. The topological polar surface area (TPSA) is 17.8 Å². The molecule has 0 amide bonds. The SMILES string of the molecule is CC(Cl)c1nc2cc(F)ccc2n1-c1ccccc1. The number of nitrogens with zero attached hydrogens (tertiary/aromatic N) is 2. The number of hydrogen-bond acceptors (Lipinski definition) is 1. The third-order valence-corrected chi connectivity index (χ3v) is 3.21. The smallest absolute Gasteiger partial charge is 0.132 e. The summed E-state index contributed by atoms with van der Waals surface area (Å²) >= 11 is 6.19. The maximum Gasteiger partial charge on any atom is 0.132 e. The minimum Gasteiger partial charge on any atom is -0.295 e. The fraction of sp³-hybridized carbons (Fsp3) is 0.133. The van der Waals surface area contributed by atoms with Crippen molar-refractivity contribution < 1.29 is 4.39 Å². The zero-order valence-corrected chi connectivity index (χ0v) is 11.1. The van der Waals surface area contributed by atoms with Crippen molar-refractivity contribution in [2.24, 2.45) is 0 Å². The van der Waals surface area contributed by atoms with Gasteiger partial charge in [-0.05, 0) is 31.2 Å². The number of para-hydroxylation sites is 1. The molecule has 0 bridgehead atoms. The van der Waals surface area contributed by atoms with Crippen molar-refractivity contribution in [3.05, 3.63) is 60.2 Å². The quantitative estimate of drug-likeness (QED) is 0.631. The normalized spacial score (nSPS) is 12.8. The third kappa shape index (κ3) is 2.10. The fourth-order valence-corrected chi connectivity index (χ4v) is 2.33. The van der Waals surface area contributed by atoms with Gasteiger partial charge in [-0.1, -0.05) is 18.2 Å². The second kappa shape index (κ2) is 4.67. The van der Waals surface area contributed by atoms with Crippen molar-refractivity contribution in [2.45, 2.75) is 12.3 Å². The van der Waals surface area contributed by atoms with Gasteiger partial charge in [0.25, 0.3) is 0 Å². The molecule has 0 aliphatic rings. The van der Waals surface area contributed by atoms with Gasteiger partial charge in [0, 0.05) is 11.8 Å². The van der Waals surface area contributed by atoms with Crippen LogP contribution in [0, 0.1) is 5.82 Å². The van der Waals surface area contributed by atoms with Crippen molar-refractivity contribution in [3.8, 4) is 5.69 Å². The number of benzene rings is 2. The van der Waals surface area contributed by atoms with Crippen LogP contribution < -0.4 is 0 Å². The lowest BCUT2D eigenvalue weighted by Gasteiger charge is -2.10. The molecule has 19 heavy (non-hydrogen) atoms. The Bertz CT molecular complexity index is 720. The number of hydrogen-bond donors (Lipinski definition) is 0. The molecule has 96 valence electrons. The largest absolute Gasteiger partial charge is 0.295 e. The molecular weight excluding hydrogens is 263 g/mol. The highest BCUT2D eigenvalue weighted by atomic mass is 35.5. The molecule has 1 unspecified atom stereocenters. The lowest BCUT2D eigenvalue weighted by atomic mass is 10.2. The first-order chi connectivity index (χ1) is 9.16. The molecule has 0 aliphatic heterocycles. The van der Waals surface area contributed by atoms with Crippen molar-refractivity contribution in [1.29, 1.82) is 0 Å². The van der Waals surface area contributed by atoms with Gasteiger partial charge < -0.3 is 0 Å². The van der Waals surface area contributed by atoms with Gasteiger partial charge in [0.15, 0.2) is 0 Å². The van der Waals surface area contributed by atoms with Crippen LogP contribution in [0.2, 0.25) is 0 Å². The van der Waals surface area contributed by atoms with E-state index in [9.17, 15) is 4.39 Å². The summed E-state index contributed by atoms with van der Waals surface area (Å²) in [5, 5.41) is -0.254. The highest BCUT2D eigenvalue weighted by molar-refractivity contribution is 6.20. The molecule has 0 fully saturated rings. The lowest BCUT2D eigenvalue weighted by Crippen LogP contribution is -2.01. The molecule has 0 spiro atoms. The molecule has 0 radical (unpaired) electrons. The van der Waals surface area contributed by atoms with Gasteiger partial charge in [0.2, 0.25) is 0 Å². The number of alkyl halides is 1. The van der Waals surface area contributed by atoms with E-state index in [1.54, 1.807) is 6.07 Å². The zero-order chi connectivity index (χ0) is 13.4. The summed E-state index contributed by atoms with van der Waals surface area (Å²) in [5.74, 6) is 0.424. The summed E-state index contributed by atoms with van der Waals surface area (Å²) in [6.07, 6.45) is 0. The van der Waals surface area contributed by atoms with Crippen LogP contribution in [0.15, 0.2) is 48.5 Å². The first kappa shape index (κ1) is 12.2. The highest BCUT2D eigenvalue weighted by Crippen LogP contribution is 2.28. The van der Waals surface area contributed by atoms with Crippen LogP contribution >= 0.6 is 11.6 Å². The van der Waals surface area contributed by atoms with Crippen LogP contribution in [0.3, 0.4) is 0 Å². The van der Waals surface area contributed by atoms with Crippen molar-refractivity contribution >= 4 is 22.6 Å². The number of halogens is 2. The Hall–Kier alpha value is -1.87. The molecule has 0 N–H and O–H groups in total. The van der Waals surface area contributed by atoms with Gasteiger partial charge in [-0.3, -0.25) is 4.57 Å². The van der Waals surface area contributed by atoms with Crippen LogP contribution in [-0.2, 0) is 0 Å². The van der Waals surface area contributed by atoms with Crippen molar-refractivity contribution in [3.63, 3.8) is 0 Å². The van der Waals surface area contributed by atoms with Crippen LogP contribution in [0.5, 0.6) is 0 Å². The van der Waals surface area contributed by atoms with Gasteiger partial charge in [0.05, 0.1) is 16.4 Å². The molecule has 1 aromatic heterocycles. The Morgan fingerprint density at radius 3 is 2.58 bits per heavy atom. The Morgan fingerprint density at radius 1 is 1.16 bits per heavy atom. The van der Waals surface area contributed by atoms with E-state index in [1.165, 1.54) is 12.1 Å². The minimum absolute atomic E-state index is 0.254. The van der Waals surface area contributed by atoms with E-state index in [0.717, 1.165) is 11.2 Å². The number of imidazole rings is 1. The molecule has 2 aromatic carbocycles. The highest BCUT2D eigenvalue weighted by Gasteiger charge is 2.16. The Labute approximate surface area is 115 Å². The fourth-order valence-electron chi connectivity index (χ4n) is 2.19. The van der Waals surface area contributed by atoms with Gasteiger partial charge in [-0.15, -0.1) is 11.6 Å². The van der Waals surface area contributed by atoms with E-state index in [1.807, 2.05) is 41.8 Å². The van der Waals surface area contributed by atoms with Crippen LogP contribution in [-0.4, -0.2) is 9.55 Å². The standard InChI is InChI=1S/C15H12ClFN2/c1-10(16)15-18-13-9-11(17)7-8-14(13)19(15)12-5-3-2-4-6-12/h2-10H,1H3. The van der Waals surface area contributed by atoms with Gasteiger partial charge in [0.1, 0.15) is 11.6 Å². The molecule has 0 aliphatic carbocycles. The molecule has 0 saturated heterocycles. The number of fused-ring (bicyclic) bond motifs is 1. The Morgan fingerprint density at radius 2 is 1.89 bits per heavy atom. The van der Waals surface area contributed by atoms with E-state index >= 15 is 0 Å². The molecular formula is C15H12ClFN2. The van der Waals surface area contributed by atoms with E-state index < -0.39 is 0 Å². The number of rotatable bonds is 2. The maximum absolute atomic E-state index is 13.3. The van der Waals surface area contributed by atoms with E-state index in [-0.39, 0.29) is 11.2 Å². The molecule has 2 nitrogen and oxygen atoms in total. The number of aromatic nitrogens is 2. The van der Waals surface area contributed by atoms with E-state index in [2.05, 4.69) is 4.98 Å². The predicted molar refractivity (Wildman–Crippen MR) is 75.3 cm³/mol. The molecule has 0 saturated carbocycles. The molecule has 1 atom stereocenters. The second-order valence-corrected chi connectivity index (χ2v) is 5.04. The van der Waals surface area contributed by atoms with Crippen LogP contribution in [0.25, 0.3) is 16.7 Å². The van der Waals surface area contributed by atoms with Gasteiger partial charge in [-0.25, -0.2) is 9.37 Å².